The van der Waals surface area contributed by atoms with Crippen molar-refractivity contribution in [3.63, 3.8) is 0 Å². The summed E-state index contributed by atoms with van der Waals surface area (Å²) in [5, 5.41) is 2.58. The molecule has 0 radical (unpaired) electrons. The minimum atomic E-state index is -1.38. The van der Waals surface area contributed by atoms with Crippen LogP contribution in [0.3, 0.4) is 0 Å². The number of halogens is 3. The number of nitrogens with one attached hydrogen (secondary N) is 1. The molecule has 0 saturated heterocycles. The van der Waals surface area contributed by atoms with Gasteiger partial charge in [0, 0.05) is 30.6 Å². The number of amides is 2. The molecule has 10 heteroatoms. The Morgan fingerprint density at radius 1 is 1.03 bits per heavy atom. The second-order valence-corrected chi connectivity index (χ2v) is 7.57. The van der Waals surface area contributed by atoms with Crippen LogP contribution in [0, 0.1) is 17.5 Å². The number of carbonyl (C=O) groups excluding carboxylic acids is 2. The van der Waals surface area contributed by atoms with Crippen LogP contribution in [0.4, 0.5) is 23.7 Å². The number of ether oxygens (including phenoxy) is 3. The molecule has 2 unspecified atom stereocenters. The second-order valence-electron chi connectivity index (χ2n) is 7.57. The summed E-state index contributed by atoms with van der Waals surface area (Å²) in [6.45, 7) is 3.79. The van der Waals surface area contributed by atoms with Crippen molar-refractivity contribution in [2.45, 2.75) is 32.2 Å². The van der Waals surface area contributed by atoms with Crippen LogP contribution in [0.5, 0.6) is 11.5 Å². The van der Waals surface area contributed by atoms with Crippen molar-refractivity contribution in [1.82, 2.24) is 5.32 Å². The number of hydrogen-bond acceptors (Lipinski definition) is 5. The molecule has 1 N–H and O–H groups in total. The highest BCUT2D eigenvalue weighted by molar-refractivity contribution is 5.95. The maximum absolute atomic E-state index is 14.0. The van der Waals surface area contributed by atoms with Gasteiger partial charge in [-0.2, -0.15) is 0 Å². The molecule has 1 aliphatic heterocycles. The van der Waals surface area contributed by atoms with E-state index in [4.69, 9.17) is 14.2 Å². The molecule has 1 aliphatic rings. The fraction of sp³-hybridized carbons (Fsp3) is 0.391. The van der Waals surface area contributed by atoms with E-state index >= 15 is 0 Å². The van der Waals surface area contributed by atoms with Gasteiger partial charge in [0.2, 0.25) is 0 Å². The van der Waals surface area contributed by atoms with E-state index in [0.717, 1.165) is 0 Å². The molecule has 0 saturated carbocycles. The third-order valence-corrected chi connectivity index (χ3v) is 5.53. The van der Waals surface area contributed by atoms with E-state index in [1.807, 2.05) is 6.92 Å². The molecule has 2 amide bonds. The number of nitrogens with zero attached hydrogens (tertiary/aromatic N) is 1. The van der Waals surface area contributed by atoms with Crippen LogP contribution in [0.15, 0.2) is 24.3 Å². The zero-order chi connectivity index (χ0) is 24.3. The van der Waals surface area contributed by atoms with Gasteiger partial charge in [0.05, 0.1) is 32.1 Å². The normalized spacial score (nSPS) is 17.2. The Morgan fingerprint density at radius 2 is 1.67 bits per heavy atom. The molecular weight excluding hydrogens is 441 g/mol. The summed E-state index contributed by atoms with van der Waals surface area (Å²) in [5.41, 5.74) is 0.617. The maximum atomic E-state index is 14.0. The summed E-state index contributed by atoms with van der Waals surface area (Å²) in [6.07, 6.45) is -0.0771. The molecule has 0 aromatic heterocycles. The molecule has 2 aromatic rings. The first kappa shape index (κ1) is 24.2. The Bertz CT molecular complexity index is 1060. The average Bonchev–Trinajstić information content (AvgIpc) is 2.78. The zero-order valence-corrected chi connectivity index (χ0v) is 18.7. The van der Waals surface area contributed by atoms with Gasteiger partial charge in [0.1, 0.15) is 5.82 Å². The second kappa shape index (κ2) is 10.0. The maximum Gasteiger partial charge on any atom is 0.414 e. The molecule has 7 nitrogen and oxygen atoms in total. The zero-order valence-electron chi connectivity index (χ0n) is 18.7. The number of anilines is 1. The summed E-state index contributed by atoms with van der Waals surface area (Å²) >= 11 is 0. The average molecular weight is 466 g/mol. The van der Waals surface area contributed by atoms with Crippen molar-refractivity contribution in [2.75, 3.05) is 32.3 Å². The highest BCUT2D eigenvalue weighted by Crippen LogP contribution is 2.44. The SMILES string of the molecule is CCOC(=O)N1c2cc(OC)c(OC)cc2C(CNC(=O)c2cc(F)c(F)cc2F)CC1C. The molecule has 0 spiro atoms. The topological polar surface area (TPSA) is 77.1 Å². The predicted octanol–water partition coefficient (Wildman–Crippen LogP) is 4.39. The molecule has 0 aliphatic carbocycles. The first-order valence-electron chi connectivity index (χ1n) is 10.4. The van der Waals surface area contributed by atoms with E-state index in [2.05, 4.69) is 5.32 Å². The van der Waals surface area contributed by atoms with Crippen LogP contribution in [0.2, 0.25) is 0 Å². The third kappa shape index (κ3) is 4.84. The van der Waals surface area contributed by atoms with Crippen molar-refractivity contribution < 1.29 is 37.0 Å². The minimum Gasteiger partial charge on any atom is -0.493 e. The van der Waals surface area contributed by atoms with Gasteiger partial charge in [-0.15, -0.1) is 0 Å². The minimum absolute atomic E-state index is 0.0563. The van der Waals surface area contributed by atoms with Crippen LogP contribution in [-0.4, -0.2) is 45.4 Å². The van der Waals surface area contributed by atoms with Crippen molar-refractivity contribution >= 4 is 17.7 Å². The number of benzene rings is 2. The molecule has 33 heavy (non-hydrogen) atoms. The van der Waals surface area contributed by atoms with Gasteiger partial charge in [-0.25, -0.2) is 18.0 Å². The molecule has 2 atom stereocenters. The van der Waals surface area contributed by atoms with Crippen LogP contribution in [-0.2, 0) is 4.74 Å². The van der Waals surface area contributed by atoms with Crippen molar-refractivity contribution in [3.05, 3.63) is 52.8 Å². The van der Waals surface area contributed by atoms with Gasteiger partial charge in [-0.05, 0) is 38.0 Å². The van der Waals surface area contributed by atoms with Crippen molar-refractivity contribution in [2.24, 2.45) is 0 Å². The quantitative estimate of drug-likeness (QED) is 0.639. The fourth-order valence-corrected chi connectivity index (χ4v) is 3.97. The van der Waals surface area contributed by atoms with Gasteiger partial charge in [-0.1, -0.05) is 0 Å². The smallest absolute Gasteiger partial charge is 0.414 e. The standard InChI is InChI=1S/C23H25F3N2O5/c1-5-33-23(30)28-12(2)6-13(14-8-20(31-3)21(32-4)10-19(14)28)11-27-22(29)15-7-17(25)18(26)9-16(15)24/h7-10,12-13H,5-6,11H2,1-4H3,(H,27,29). The Kier molecular flexibility index (Phi) is 7.35. The molecular formula is C23H25F3N2O5. The number of rotatable bonds is 6. The van der Waals surface area contributed by atoms with E-state index in [-0.39, 0.29) is 25.1 Å². The Balaban J connectivity index is 1.93. The Labute approximate surface area is 189 Å². The third-order valence-electron chi connectivity index (χ3n) is 5.53. The summed E-state index contributed by atoms with van der Waals surface area (Å²) in [4.78, 5) is 26.6. The van der Waals surface area contributed by atoms with Crippen LogP contribution >= 0.6 is 0 Å². The number of fused-ring (bicyclic) bond motifs is 1. The van der Waals surface area contributed by atoms with Gasteiger partial charge >= 0.3 is 6.09 Å². The van der Waals surface area contributed by atoms with E-state index in [0.29, 0.717) is 41.3 Å². The summed E-state index contributed by atoms with van der Waals surface area (Å²) in [6, 6.07) is 3.92. The monoisotopic (exact) mass is 466 g/mol. The van der Waals surface area contributed by atoms with Crippen LogP contribution in [0.1, 0.15) is 42.1 Å². The van der Waals surface area contributed by atoms with Crippen molar-refractivity contribution in [3.8, 4) is 11.5 Å². The summed E-state index contributed by atoms with van der Waals surface area (Å²) in [7, 11) is 2.95. The summed E-state index contributed by atoms with van der Waals surface area (Å²) < 4.78 is 56.6. The Hall–Kier alpha value is -3.43. The lowest BCUT2D eigenvalue weighted by Crippen LogP contribution is -2.45. The lowest BCUT2D eigenvalue weighted by molar-refractivity contribution is 0.0944. The number of carbonyl (C=O) groups is 2. The van der Waals surface area contributed by atoms with Gasteiger partial charge in [0.15, 0.2) is 23.1 Å². The lowest BCUT2D eigenvalue weighted by atomic mass is 9.85. The number of hydrogen-bond donors (Lipinski definition) is 1. The lowest BCUT2D eigenvalue weighted by Gasteiger charge is -2.39. The predicted molar refractivity (Wildman–Crippen MR) is 115 cm³/mol. The van der Waals surface area contributed by atoms with E-state index in [1.165, 1.54) is 19.1 Å². The molecule has 1 heterocycles. The fourth-order valence-electron chi connectivity index (χ4n) is 3.97. The molecule has 178 valence electrons. The first-order valence-corrected chi connectivity index (χ1v) is 10.4. The first-order chi connectivity index (χ1) is 15.7. The Morgan fingerprint density at radius 3 is 2.30 bits per heavy atom. The van der Waals surface area contributed by atoms with E-state index in [9.17, 15) is 22.8 Å². The largest absolute Gasteiger partial charge is 0.493 e. The molecule has 0 fully saturated rings. The molecule has 2 aromatic carbocycles. The highest BCUT2D eigenvalue weighted by atomic mass is 19.2. The summed E-state index contributed by atoms with van der Waals surface area (Å²) in [5.74, 6) is -4.20. The van der Waals surface area contributed by atoms with E-state index < -0.39 is 35.0 Å². The van der Waals surface area contributed by atoms with E-state index in [1.54, 1.807) is 19.1 Å². The number of methoxy groups -OCH3 is 2. The molecule has 0 bridgehead atoms. The van der Waals surface area contributed by atoms with Gasteiger partial charge in [-0.3, -0.25) is 9.69 Å². The highest BCUT2D eigenvalue weighted by Gasteiger charge is 2.36. The van der Waals surface area contributed by atoms with Crippen LogP contribution < -0.4 is 19.7 Å². The van der Waals surface area contributed by atoms with Gasteiger partial charge < -0.3 is 19.5 Å². The van der Waals surface area contributed by atoms with Crippen LogP contribution in [0.25, 0.3) is 0 Å². The molecule has 3 rings (SSSR count). The van der Waals surface area contributed by atoms with Gasteiger partial charge in [0.25, 0.3) is 5.91 Å². The van der Waals surface area contributed by atoms with Crippen molar-refractivity contribution in [1.29, 1.82) is 0 Å².